The van der Waals surface area contributed by atoms with E-state index in [-0.39, 0.29) is 12.5 Å². The summed E-state index contributed by atoms with van der Waals surface area (Å²) < 4.78 is 11.4. The topological polar surface area (TPSA) is 149 Å². The van der Waals surface area contributed by atoms with Gasteiger partial charge in [-0.25, -0.2) is 4.79 Å². The number of nitrogens with zero attached hydrogens (tertiary/aromatic N) is 1. The van der Waals surface area contributed by atoms with Gasteiger partial charge in [0.25, 0.3) is 11.8 Å². The van der Waals surface area contributed by atoms with Crippen LogP contribution in [-0.2, 0) is 27.3 Å². The fourth-order valence-electron chi connectivity index (χ4n) is 6.82. The van der Waals surface area contributed by atoms with Crippen molar-refractivity contribution in [2.75, 3.05) is 18.4 Å². The number of carbonyl (C=O) groups excluding carboxylic acids is 3. The summed E-state index contributed by atoms with van der Waals surface area (Å²) in [6.07, 6.45) is -4.89. The van der Waals surface area contributed by atoms with Gasteiger partial charge < -0.3 is 30.3 Å². The number of anilines is 1. The quantitative estimate of drug-likeness (QED) is 0.0758. The van der Waals surface area contributed by atoms with Gasteiger partial charge in [-0.1, -0.05) is 117 Å². The molecule has 0 spiro atoms. The van der Waals surface area contributed by atoms with E-state index in [4.69, 9.17) is 9.47 Å². The van der Waals surface area contributed by atoms with E-state index >= 15 is 0 Å². The van der Waals surface area contributed by atoms with Crippen LogP contribution in [-0.4, -0.2) is 76.5 Å². The second-order valence-electron chi connectivity index (χ2n) is 14.7. The molecule has 296 valence electrons. The van der Waals surface area contributed by atoms with Gasteiger partial charge in [0, 0.05) is 31.4 Å². The van der Waals surface area contributed by atoms with E-state index in [1.54, 1.807) is 38.1 Å². The smallest absolute Gasteiger partial charge is 0.412 e. The molecule has 0 aromatic heterocycles. The average molecular weight is 771 g/mol. The molecular weight excluding hydrogens is 721 g/mol. The minimum atomic E-state index is -1.85. The highest BCUT2D eigenvalue weighted by Gasteiger charge is 2.37. The van der Waals surface area contributed by atoms with Crippen LogP contribution < -0.4 is 20.7 Å². The van der Waals surface area contributed by atoms with Crippen LogP contribution in [0.3, 0.4) is 0 Å². The van der Waals surface area contributed by atoms with Gasteiger partial charge in [0.1, 0.15) is 17.6 Å². The number of hydrogen-bond donors (Lipinski definition) is 5. The van der Waals surface area contributed by atoms with Crippen molar-refractivity contribution in [3.63, 3.8) is 0 Å². The van der Waals surface area contributed by atoms with E-state index in [9.17, 15) is 24.6 Å². The molecule has 1 fully saturated rings. The fraction of sp³-hybridized carbons (Fsp3) is 0.283. The van der Waals surface area contributed by atoms with Gasteiger partial charge in [0.2, 0.25) is 0 Å². The molecule has 3 amide bonds. The first-order valence-corrected chi connectivity index (χ1v) is 19.3. The number of nitrogens with one attached hydrogen (secondary N) is 3. The van der Waals surface area contributed by atoms with Gasteiger partial charge >= 0.3 is 6.09 Å². The second kappa shape index (κ2) is 19.7. The monoisotopic (exact) mass is 770 g/mol. The molecule has 5 unspecified atom stereocenters. The molecular formula is C46H50N4O7. The van der Waals surface area contributed by atoms with Crippen molar-refractivity contribution in [3.05, 3.63) is 151 Å². The Hall–Kier alpha value is -6.01. The Morgan fingerprint density at radius 2 is 1.32 bits per heavy atom. The predicted octanol–water partition coefficient (Wildman–Crippen LogP) is 6.56. The van der Waals surface area contributed by atoms with Crippen LogP contribution in [0.25, 0.3) is 11.1 Å². The minimum absolute atomic E-state index is 0.0784. The third-order valence-electron chi connectivity index (χ3n) is 9.89. The Morgan fingerprint density at radius 3 is 1.96 bits per heavy atom. The summed E-state index contributed by atoms with van der Waals surface area (Å²) in [5.41, 5.74) is 4.35. The first kappa shape index (κ1) is 40.6. The molecule has 1 saturated heterocycles. The number of rotatable bonds is 16. The lowest BCUT2D eigenvalue weighted by molar-refractivity contribution is -0.140. The van der Waals surface area contributed by atoms with E-state index in [0.717, 1.165) is 29.8 Å². The molecule has 5 atom stereocenters. The third kappa shape index (κ3) is 11.7. The Kier molecular flexibility index (Phi) is 14.1. The molecule has 0 bridgehead atoms. The molecule has 0 radical (unpaired) electrons. The van der Waals surface area contributed by atoms with Gasteiger partial charge in [0.05, 0.1) is 6.04 Å². The van der Waals surface area contributed by atoms with Crippen molar-refractivity contribution < 1.29 is 34.1 Å². The van der Waals surface area contributed by atoms with Crippen molar-refractivity contribution in [2.24, 2.45) is 5.92 Å². The molecule has 0 saturated carbocycles. The molecule has 6 rings (SSSR count). The number of benzene rings is 5. The van der Waals surface area contributed by atoms with Crippen LogP contribution in [0.4, 0.5) is 10.5 Å². The van der Waals surface area contributed by atoms with Crippen LogP contribution in [0.15, 0.2) is 140 Å². The predicted molar refractivity (Wildman–Crippen MR) is 219 cm³/mol. The molecule has 5 N–H and O–H groups in total. The lowest BCUT2D eigenvalue weighted by atomic mass is 9.94. The standard InChI is InChI=1S/C46H50N4O7/c1-31(2)43(57-46(55)48-36-22-24-39(25-23-36)56-38-16-10-5-11-17-38)45(54)49-40(28-32-18-20-35(21-19-32)34-14-8-4-9-15-34)41(51)42(52)44(53)47-37-26-27-50(30-37)29-33-12-6-3-7-13-33/h3-25,31,37,40-43,51-52H,26-30H2,1-2H3,(H,47,53)(H,48,55)(H,49,54). The lowest BCUT2D eigenvalue weighted by Gasteiger charge is -2.30. The third-order valence-corrected chi connectivity index (χ3v) is 9.89. The maximum absolute atomic E-state index is 13.9. The molecule has 5 aromatic rings. The number of aliphatic hydroxyl groups excluding tert-OH is 2. The lowest BCUT2D eigenvalue weighted by Crippen LogP contribution is -2.57. The van der Waals surface area contributed by atoms with Gasteiger partial charge in [0.15, 0.2) is 12.2 Å². The average Bonchev–Trinajstić information content (AvgIpc) is 3.67. The normalized spacial score (nSPS) is 16.2. The van der Waals surface area contributed by atoms with E-state index in [1.165, 1.54) is 5.56 Å². The molecule has 57 heavy (non-hydrogen) atoms. The number of hydrogen-bond acceptors (Lipinski definition) is 8. The summed E-state index contributed by atoms with van der Waals surface area (Å²) in [6, 6.07) is 42.2. The van der Waals surface area contributed by atoms with Gasteiger partial charge in [-0.2, -0.15) is 0 Å². The van der Waals surface area contributed by atoms with E-state index in [0.29, 0.717) is 30.2 Å². The molecule has 5 aromatic carbocycles. The number of carbonyl (C=O) groups is 3. The minimum Gasteiger partial charge on any atom is -0.457 e. The van der Waals surface area contributed by atoms with Crippen LogP contribution >= 0.6 is 0 Å². The molecule has 0 aliphatic carbocycles. The molecule has 1 aliphatic rings. The molecule has 1 heterocycles. The zero-order valence-electron chi connectivity index (χ0n) is 32.2. The van der Waals surface area contributed by atoms with Gasteiger partial charge in [-0.05, 0) is 77.4 Å². The SMILES string of the molecule is CC(C)C(OC(=O)Nc1ccc(Oc2ccccc2)cc1)C(=O)NC(Cc1ccc(-c2ccccc2)cc1)C(O)C(O)C(=O)NC1CCN(Cc2ccccc2)C1. The summed E-state index contributed by atoms with van der Waals surface area (Å²) in [4.78, 5) is 42.5. The van der Waals surface area contributed by atoms with Crippen molar-refractivity contribution in [1.82, 2.24) is 15.5 Å². The highest BCUT2D eigenvalue weighted by molar-refractivity contribution is 5.89. The summed E-state index contributed by atoms with van der Waals surface area (Å²) in [7, 11) is 0. The Bertz CT molecular complexity index is 2030. The second-order valence-corrected chi connectivity index (χ2v) is 14.7. The first-order valence-electron chi connectivity index (χ1n) is 19.3. The Labute approximate surface area is 333 Å². The van der Waals surface area contributed by atoms with Crippen LogP contribution in [0.2, 0.25) is 0 Å². The highest BCUT2D eigenvalue weighted by Crippen LogP contribution is 2.24. The van der Waals surface area contributed by atoms with E-state index < -0.39 is 48.2 Å². The number of aliphatic hydroxyl groups is 2. The number of likely N-dealkylation sites (tertiary alicyclic amines) is 1. The largest absolute Gasteiger partial charge is 0.457 e. The molecule has 11 nitrogen and oxygen atoms in total. The number of amides is 3. The first-order chi connectivity index (χ1) is 27.6. The Morgan fingerprint density at radius 1 is 0.719 bits per heavy atom. The van der Waals surface area contributed by atoms with Gasteiger partial charge in [-0.3, -0.25) is 19.8 Å². The van der Waals surface area contributed by atoms with Crippen molar-refractivity contribution in [1.29, 1.82) is 0 Å². The van der Waals surface area contributed by atoms with Crippen molar-refractivity contribution in [3.8, 4) is 22.6 Å². The fourth-order valence-corrected chi connectivity index (χ4v) is 6.82. The summed E-state index contributed by atoms with van der Waals surface area (Å²) in [5, 5.41) is 31.1. The number of para-hydroxylation sites is 1. The van der Waals surface area contributed by atoms with Crippen molar-refractivity contribution >= 4 is 23.6 Å². The zero-order valence-corrected chi connectivity index (χ0v) is 32.2. The maximum atomic E-state index is 13.9. The molecule has 11 heteroatoms. The van der Waals surface area contributed by atoms with E-state index in [2.05, 4.69) is 33.0 Å². The summed E-state index contributed by atoms with van der Waals surface area (Å²) in [5.74, 6) is -0.637. The van der Waals surface area contributed by atoms with Crippen LogP contribution in [0.1, 0.15) is 31.4 Å². The highest BCUT2D eigenvalue weighted by atomic mass is 16.6. The summed E-state index contributed by atoms with van der Waals surface area (Å²) in [6.45, 7) is 5.56. The Balaban J connectivity index is 1.11. The van der Waals surface area contributed by atoms with Crippen molar-refractivity contribution in [2.45, 2.75) is 63.6 Å². The molecule has 1 aliphatic heterocycles. The maximum Gasteiger partial charge on any atom is 0.412 e. The van der Waals surface area contributed by atoms with Crippen LogP contribution in [0.5, 0.6) is 11.5 Å². The zero-order chi connectivity index (χ0) is 40.1. The van der Waals surface area contributed by atoms with E-state index in [1.807, 2.05) is 103 Å². The van der Waals surface area contributed by atoms with Crippen LogP contribution in [0, 0.1) is 5.92 Å². The summed E-state index contributed by atoms with van der Waals surface area (Å²) >= 11 is 0. The number of ether oxygens (including phenoxy) is 2. The van der Waals surface area contributed by atoms with Gasteiger partial charge in [-0.15, -0.1) is 0 Å².